The van der Waals surface area contributed by atoms with Gasteiger partial charge in [-0.1, -0.05) is 0 Å². The summed E-state index contributed by atoms with van der Waals surface area (Å²) in [7, 11) is 0. The summed E-state index contributed by atoms with van der Waals surface area (Å²) in [6.07, 6.45) is 4.88. The number of pyridine rings is 1. The van der Waals surface area contributed by atoms with Crippen molar-refractivity contribution in [3.63, 3.8) is 0 Å². The maximum absolute atomic E-state index is 12.0. The smallest absolute Gasteiger partial charge is 0.272 e. The van der Waals surface area contributed by atoms with E-state index in [0.717, 1.165) is 16.1 Å². The molecule has 3 heterocycles. The highest BCUT2D eigenvalue weighted by Crippen LogP contribution is 2.26. The number of carbonyl (C=O) groups excluding carboxylic acids is 1. The van der Waals surface area contributed by atoms with Crippen LogP contribution in [-0.4, -0.2) is 27.3 Å². The fraction of sp³-hybridized carbons (Fsp3) is 0.0667. The van der Waals surface area contributed by atoms with Gasteiger partial charge in [-0.2, -0.15) is 10.2 Å². The largest absolute Gasteiger partial charge is 0.289 e. The van der Waals surface area contributed by atoms with Crippen LogP contribution in [0.4, 0.5) is 0 Å². The van der Waals surface area contributed by atoms with Gasteiger partial charge in [0, 0.05) is 17.3 Å². The van der Waals surface area contributed by atoms with E-state index in [1.165, 1.54) is 4.88 Å². The van der Waals surface area contributed by atoms with E-state index in [-0.39, 0.29) is 5.91 Å². The van der Waals surface area contributed by atoms with E-state index in [0.29, 0.717) is 5.69 Å². The Morgan fingerprint density at radius 3 is 2.86 bits per heavy atom. The van der Waals surface area contributed by atoms with Gasteiger partial charge < -0.3 is 0 Å². The highest BCUT2D eigenvalue weighted by atomic mass is 32.1. The van der Waals surface area contributed by atoms with E-state index in [9.17, 15) is 4.79 Å². The number of hydrogen-bond donors (Lipinski definition) is 2. The number of amides is 1. The summed E-state index contributed by atoms with van der Waals surface area (Å²) in [5.74, 6) is -0.336. The first-order valence-electron chi connectivity index (χ1n) is 6.58. The van der Waals surface area contributed by atoms with Gasteiger partial charge in [-0.3, -0.25) is 14.9 Å². The Bertz CT molecular complexity index is 806. The highest BCUT2D eigenvalue weighted by molar-refractivity contribution is 7.15. The summed E-state index contributed by atoms with van der Waals surface area (Å²) in [6, 6.07) is 9.31. The van der Waals surface area contributed by atoms with Crippen LogP contribution < -0.4 is 5.43 Å². The number of H-pyrrole nitrogens is 1. The number of hydrazone groups is 1. The molecular weight excluding hydrogens is 298 g/mol. The van der Waals surface area contributed by atoms with Gasteiger partial charge in [-0.25, -0.2) is 5.43 Å². The fourth-order valence-corrected chi connectivity index (χ4v) is 2.64. The number of carbonyl (C=O) groups is 1. The maximum Gasteiger partial charge on any atom is 0.289 e. The van der Waals surface area contributed by atoms with Gasteiger partial charge in [0.2, 0.25) is 0 Å². The molecule has 2 N–H and O–H groups in total. The quantitative estimate of drug-likeness (QED) is 0.574. The van der Waals surface area contributed by atoms with Gasteiger partial charge in [0.1, 0.15) is 11.4 Å². The molecule has 0 saturated carbocycles. The van der Waals surface area contributed by atoms with Crippen molar-refractivity contribution in [3.05, 3.63) is 58.9 Å². The molecule has 3 aromatic rings. The molecule has 0 aliphatic carbocycles. The molecular formula is C15H13N5OS. The molecule has 0 radical (unpaired) electrons. The van der Waals surface area contributed by atoms with E-state index >= 15 is 0 Å². The van der Waals surface area contributed by atoms with Gasteiger partial charge in [-0.15, -0.1) is 11.3 Å². The van der Waals surface area contributed by atoms with Crippen molar-refractivity contribution in [2.24, 2.45) is 5.10 Å². The average molecular weight is 311 g/mol. The third kappa shape index (κ3) is 3.26. The molecule has 0 saturated heterocycles. The molecule has 0 fully saturated rings. The lowest BCUT2D eigenvalue weighted by Gasteiger charge is -1.95. The molecule has 0 aromatic carbocycles. The van der Waals surface area contributed by atoms with E-state index in [2.05, 4.69) is 25.7 Å². The number of aromatic nitrogens is 3. The second-order valence-corrected chi connectivity index (χ2v) is 5.84. The SMILES string of the molecule is Cc1ccc(-c2cc(C(=O)N/N=C/c3ccncc3)[nH]n2)s1. The minimum absolute atomic E-state index is 0.336. The Labute approximate surface area is 130 Å². The summed E-state index contributed by atoms with van der Waals surface area (Å²) in [5.41, 5.74) is 4.44. The minimum Gasteiger partial charge on any atom is -0.272 e. The van der Waals surface area contributed by atoms with Gasteiger partial charge in [-0.05, 0) is 42.8 Å². The van der Waals surface area contributed by atoms with Crippen LogP contribution in [0.1, 0.15) is 20.9 Å². The first-order valence-corrected chi connectivity index (χ1v) is 7.40. The molecule has 6 nitrogen and oxygen atoms in total. The predicted octanol–water partition coefficient (Wildman–Crippen LogP) is 2.61. The molecule has 110 valence electrons. The summed E-state index contributed by atoms with van der Waals surface area (Å²) >= 11 is 1.63. The van der Waals surface area contributed by atoms with Gasteiger partial charge in [0.15, 0.2) is 0 Å². The Morgan fingerprint density at radius 2 is 2.14 bits per heavy atom. The van der Waals surface area contributed by atoms with Crippen LogP contribution in [0.2, 0.25) is 0 Å². The molecule has 0 unspecified atom stereocenters. The zero-order valence-electron chi connectivity index (χ0n) is 11.8. The monoisotopic (exact) mass is 311 g/mol. The van der Waals surface area contributed by atoms with E-state index < -0.39 is 0 Å². The summed E-state index contributed by atoms with van der Waals surface area (Å²) in [6.45, 7) is 2.03. The van der Waals surface area contributed by atoms with Crippen molar-refractivity contribution in [3.8, 4) is 10.6 Å². The second kappa shape index (κ2) is 6.31. The molecule has 0 bridgehead atoms. The summed E-state index contributed by atoms with van der Waals surface area (Å²) in [5, 5.41) is 10.8. The van der Waals surface area contributed by atoms with Crippen LogP contribution in [0.3, 0.4) is 0 Å². The number of hydrogen-bond acceptors (Lipinski definition) is 5. The van der Waals surface area contributed by atoms with E-state index in [1.54, 1.807) is 48.1 Å². The van der Waals surface area contributed by atoms with Crippen LogP contribution in [0.15, 0.2) is 47.8 Å². The van der Waals surface area contributed by atoms with E-state index in [4.69, 9.17) is 0 Å². The molecule has 22 heavy (non-hydrogen) atoms. The first-order chi connectivity index (χ1) is 10.7. The predicted molar refractivity (Wildman–Crippen MR) is 85.9 cm³/mol. The topological polar surface area (TPSA) is 83.0 Å². The number of nitrogens with one attached hydrogen (secondary N) is 2. The van der Waals surface area contributed by atoms with Crippen molar-refractivity contribution in [2.75, 3.05) is 0 Å². The van der Waals surface area contributed by atoms with Crippen molar-refractivity contribution in [1.82, 2.24) is 20.6 Å². The van der Waals surface area contributed by atoms with Crippen molar-refractivity contribution < 1.29 is 4.79 Å². The zero-order valence-corrected chi connectivity index (χ0v) is 12.6. The lowest BCUT2D eigenvalue weighted by molar-refractivity contribution is 0.0950. The number of thiophene rings is 1. The average Bonchev–Trinajstić information content (AvgIpc) is 3.17. The van der Waals surface area contributed by atoms with Crippen LogP contribution in [0.25, 0.3) is 10.6 Å². The van der Waals surface area contributed by atoms with Crippen LogP contribution in [0.5, 0.6) is 0 Å². The maximum atomic E-state index is 12.0. The minimum atomic E-state index is -0.336. The Hall–Kier alpha value is -2.80. The molecule has 3 rings (SSSR count). The number of aryl methyl sites for hydroxylation is 1. The zero-order chi connectivity index (χ0) is 15.4. The van der Waals surface area contributed by atoms with Gasteiger partial charge in [0.05, 0.1) is 11.1 Å². The number of aromatic amines is 1. The van der Waals surface area contributed by atoms with Crippen LogP contribution in [0, 0.1) is 6.92 Å². The number of nitrogens with zero attached hydrogens (tertiary/aromatic N) is 3. The summed E-state index contributed by atoms with van der Waals surface area (Å²) < 4.78 is 0. The Balaban J connectivity index is 1.66. The highest BCUT2D eigenvalue weighted by Gasteiger charge is 2.11. The van der Waals surface area contributed by atoms with Gasteiger partial charge in [0.25, 0.3) is 5.91 Å². The molecule has 1 amide bonds. The molecule has 0 atom stereocenters. The lowest BCUT2D eigenvalue weighted by atomic mass is 10.3. The van der Waals surface area contributed by atoms with Crippen molar-refractivity contribution >= 4 is 23.5 Å². The van der Waals surface area contributed by atoms with Crippen molar-refractivity contribution in [2.45, 2.75) is 6.92 Å². The Morgan fingerprint density at radius 1 is 1.32 bits per heavy atom. The second-order valence-electron chi connectivity index (χ2n) is 4.56. The first kappa shape index (κ1) is 14.2. The molecule has 3 aromatic heterocycles. The van der Waals surface area contributed by atoms with Crippen LogP contribution in [-0.2, 0) is 0 Å². The lowest BCUT2D eigenvalue weighted by Crippen LogP contribution is -2.17. The third-order valence-corrected chi connectivity index (χ3v) is 3.92. The summed E-state index contributed by atoms with van der Waals surface area (Å²) in [4.78, 5) is 18.1. The van der Waals surface area contributed by atoms with Crippen molar-refractivity contribution in [1.29, 1.82) is 0 Å². The van der Waals surface area contributed by atoms with Crippen LogP contribution >= 0.6 is 11.3 Å². The third-order valence-electron chi connectivity index (χ3n) is 2.90. The Kier molecular flexibility index (Phi) is 4.06. The number of rotatable bonds is 4. The van der Waals surface area contributed by atoms with E-state index in [1.807, 2.05) is 19.1 Å². The standard InChI is InChI=1S/C15H13N5OS/c1-10-2-3-14(22-10)12-8-13(19-18-12)15(21)20-17-9-11-4-6-16-7-5-11/h2-9H,1H3,(H,18,19)(H,20,21)/b17-9+. The molecule has 0 aliphatic rings. The molecule has 0 spiro atoms. The van der Waals surface area contributed by atoms with Gasteiger partial charge >= 0.3 is 0 Å². The molecule has 0 aliphatic heterocycles. The molecule has 7 heteroatoms. The normalized spacial score (nSPS) is 11.0. The fourth-order valence-electron chi connectivity index (χ4n) is 1.81.